The van der Waals surface area contributed by atoms with Crippen LogP contribution in [0.1, 0.15) is 25.8 Å². The van der Waals surface area contributed by atoms with Gasteiger partial charge in [0, 0.05) is 13.1 Å². The fourth-order valence-electron chi connectivity index (χ4n) is 3.37. The van der Waals surface area contributed by atoms with Crippen molar-refractivity contribution in [3.63, 3.8) is 0 Å². The van der Waals surface area contributed by atoms with E-state index >= 15 is 0 Å². The van der Waals surface area contributed by atoms with Crippen molar-refractivity contribution >= 4 is 25.7 Å². The van der Waals surface area contributed by atoms with Gasteiger partial charge in [-0.2, -0.15) is 4.31 Å². The van der Waals surface area contributed by atoms with E-state index in [9.17, 15) is 16.8 Å². The Labute approximate surface area is 190 Å². The van der Waals surface area contributed by atoms with Gasteiger partial charge in [-0.05, 0) is 54.7 Å². The average Bonchev–Trinajstić information content (AvgIpc) is 2.78. The van der Waals surface area contributed by atoms with Crippen molar-refractivity contribution < 1.29 is 26.3 Å². The number of aryl methyl sites for hydroxylation is 1. The minimum Gasteiger partial charge on any atom is -0.495 e. The summed E-state index contributed by atoms with van der Waals surface area (Å²) in [6, 6.07) is 10.9. The van der Waals surface area contributed by atoms with E-state index in [-0.39, 0.29) is 34.3 Å². The monoisotopic (exact) mass is 482 g/mol. The SMILES string of the molecule is COc1ccc(NS(=O)(=O)c2ccc(CCC(C)C)cc2)cc1S(=O)(=O)N1CCOCC1. The average molecular weight is 483 g/mol. The number of hydrogen-bond acceptors (Lipinski definition) is 6. The van der Waals surface area contributed by atoms with Crippen LogP contribution in [-0.4, -0.2) is 54.6 Å². The molecule has 0 saturated carbocycles. The van der Waals surface area contributed by atoms with Gasteiger partial charge >= 0.3 is 0 Å². The number of rotatable bonds is 9. The summed E-state index contributed by atoms with van der Waals surface area (Å²) < 4.78 is 66.2. The number of benzene rings is 2. The summed E-state index contributed by atoms with van der Waals surface area (Å²) in [7, 11) is -6.39. The summed E-state index contributed by atoms with van der Waals surface area (Å²) in [6.07, 6.45) is 1.91. The van der Waals surface area contributed by atoms with Gasteiger partial charge in [-0.25, -0.2) is 16.8 Å². The Kier molecular flexibility index (Phi) is 7.81. The third kappa shape index (κ3) is 5.80. The second kappa shape index (κ2) is 10.2. The van der Waals surface area contributed by atoms with Gasteiger partial charge in [0.05, 0.1) is 30.9 Å². The van der Waals surface area contributed by atoms with Gasteiger partial charge in [0.25, 0.3) is 10.0 Å². The minimum atomic E-state index is -3.89. The van der Waals surface area contributed by atoms with Crippen molar-refractivity contribution in [3.05, 3.63) is 48.0 Å². The molecule has 8 nitrogen and oxygen atoms in total. The van der Waals surface area contributed by atoms with Crippen LogP contribution in [-0.2, 0) is 31.2 Å². The molecular weight excluding hydrogens is 452 g/mol. The lowest BCUT2D eigenvalue weighted by molar-refractivity contribution is 0.0729. The van der Waals surface area contributed by atoms with Crippen LogP contribution in [0.15, 0.2) is 52.3 Å². The Morgan fingerprint density at radius 2 is 1.69 bits per heavy atom. The van der Waals surface area contributed by atoms with Crippen LogP contribution in [0.5, 0.6) is 5.75 Å². The molecule has 0 spiro atoms. The fourth-order valence-corrected chi connectivity index (χ4v) is 6.01. The maximum Gasteiger partial charge on any atom is 0.261 e. The molecule has 32 heavy (non-hydrogen) atoms. The first-order valence-corrected chi connectivity index (χ1v) is 13.4. The van der Waals surface area contributed by atoms with Crippen molar-refractivity contribution in [1.29, 1.82) is 0 Å². The van der Waals surface area contributed by atoms with Gasteiger partial charge in [-0.3, -0.25) is 4.72 Å². The van der Waals surface area contributed by atoms with E-state index in [2.05, 4.69) is 18.6 Å². The highest BCUT2D eigenvalue weighted by Gasteiger charge is 2.30. The Bertz CT molecular complexity index is 1120. The molecule has 0 radical (unpaired) electrons. The number of morpholine rings is 1. The maximum absolute atomic E-state index is 13.1. The normalized spacial score (nSPS) is 15.6. The largest absolute Gasteiger partial charge is 0.495 e. The zero-order valence-electron chi connectivity index (χ0n) is 18.6. The molecular formula is C22H30N2O6S2. The van der Waals surface area contributed by atoms with Crippen molar-refractivity contribution in [1.82, 2.24) is 4.31 Å². The molecule has 0 atom stereocenters. The number of sulfonamides is 2. The lowest BCUT2D eigenvalue weighted by Gasteiger charge is -2.26. The molecule has 0 bridgehead atoms. The molecule has 0 unspecified atom stereocenters. The molecule has 0 aliphatic carbocycles. The standard InChI is InChI=1S/C22H30N2O6S2/c1-17(2)4-5-18-6-9-20(10-7-18)31(25,26)23-19-8-11-21(29-3)22(16-19)32(27,28)24-12-14-30-15-13-24/h6-11,16-17,23H,4-5,12-15H2,1-3H3. The van der Waals surface area contributed by atoms with E-state index in [0.29, 0.717) is 19.1 Å². The molecule has 2 aromatic carbocycles. The van der Waals surface area contributed by atoms with Crippen LogP contribution in [0.2, 0.25) is 0 Å². The molecule has 1 aliphatic heterocycles. The van der Waals surface area contributed by atoms with Gasteiger partial charge in [0.15, 0.2) is 0 Å². The van der Waals surface area contributed by atoms with Crippen molar-refractivity contribution in [2.45, 2.75) is 36.5 Å². The smallest absolute Gasteiger partial charge is 0.261 e. The first-order valence-electron chi connectivity index (χ1n) is 10.5. The Morgan fingerprint density at radius 1 is 1.03 bits per heavy atom. The van der Waals surface area contributed by atoms with Crippen LogP contribution < -0.4 is 9.46 Å². The van der Waals surface area contributed by atoms with Gasteiger partial charge < -0.3 is 9.47 Å². The number of nitrogens with one attached hydrogen (secondary N) is 1. The van der Waals surface area contributed by atoms with Gasteiger partial charge in [0.1, 0.15) is 10.6 Å². The number of anilines is 1. The maximum atomic E-state index is 13.1. The van der Waals surface area contributed by atoms with Crippen LogP contribution in [0.3, 0.4) is 0 Å². The van der Waals surface area contributed by atoms with Crippen LogP contribution in [0.25, 0.3) is 0 Å². The first-order chi connectivity index (χ1) is 15.1. The molecule has 1 heterocycles. The predicted octanol–water partition coefficient (Wildman–Crippen LogP) is 3.11. The van der Waals surface area contributed by atoms with Gasteiger partial charge in [0.2, 0.25) is 10.0 Å². The zero-order chi connectivity index (χ0) is 23.4. The third-order valence-corrected chi connectivity index (χ3v) is 8.56. The summed E-state index contributed by atoms with van der Waals surface area (Å²) in [5, 5.41) is 0. The quantitative estimate of drug-likeness (QED) is 0.589. The Hall–Kier alpha value is -2.14. The molecule has 3 rings (SSSR count). The number of ether oxygens (including phenoxy) is 2. The summed E-state index contributed by atoms with van der Waals surface area (Å²) in [4.78, 5) is 0.0188. The number of methoxy groups -OCH3 is 1. The van der Waals surface area contributed by atoms with Crippen molar-refractivity contribution in [3.8, 4) is 5.75 Å². The zero-order valence-corrected chi connectivity index (χ0v) is 20.2. The van der Waals surface area contributed by atoms with E-state index in [1.165, 1.54) is 29.6 Å². The molecule has 1 aliphatic rings. The van der Waals surface area contributed by atoms with E-state index in [1.807, 2.05) is 0 Å². The van der Waals surface area contributed by atoms with Crippen LogP contribution in [0.4, 0.5) is 5.69 Å². The van der Waals surface area contributed by atoms with E-state index in [4.69, 9.17) is 9.47 Å². The molecule has 1 saturated heterocycles. The lowest BCUT2D eigenvalue weighted by Crippen LogP contribution is -2.40. The van der Waals surface area contributed by atoms with Gasteiger partial charge in [-0.15, -0.1) is 0 Å². The van der Waals surface area contributed by atoms with E-state index < -0.39 is 20.0 Å². The predicted molar refractivity (Wildman–Crippen MR) is 123 cm³/mol. The second-order valence-corrected chi connectivity index (χ2v) is 11.7. The lowest BCUT2D eigenvalue weighted by atomic mass is 10.0. The topological polar surface area (TPSA) is 102 Å². The molecule has 0 amide bonds. The molecule has 176 valence electrons. The second-order valence-electron chi connectivity index (χ2n) is 8.06. The van der Waals surface area contributed by atoms with Crippen molar-refractivity contribution in [2.24, 2.45) is 5.92 Å². The molecule has 2 aromatic rings. The highest BCUT2D eigenvalue weighted by atomic mass is 32.2. The highest BCUT2D eigenvalue weighted by Crippen LogP contribution is 2.31. The summed E-state index contributed by atoms with van der Waals surface area (Å²) in [5.74, 6) is 0.715. The summed E-state index contributed by atoms with van der Waals surface area (Å²) in [5.41, 5.74) is 1.21. The van der Waals surface area contributed by atoms with E-state index in [0.717, 1.165) is 18.4 Å². The molecule has 1 N–H and O–H groups in total. The van der Waals surface area contributed by atoms with Gasteiger partial charge in [-0.1, -0.05) is 26.0 Å². The number of nitrogens with zero attached hydrogens (tertiary/aromatic N) is 1. The van der Waals surface area contributed by atoms with Crippen LogP contribution >= 0.6 is 0 Å². The highest BCUT2D eigenvalue weighted by molar-refractivity contribution is 7.92. The first kappa shape index (κ1) is 24.5. The molecule has 0 aromatic heterocycles. The molecule has 10 heteroatoms. The Balaban J connectivity index is 1.84. The summed E-state index contributed by atoms with van der Waals surface area (Å²) >= 11 is 0. The number of hydrogen-bond donors (Lipinski definition) is 1. The minimum absolute atomic E-state index is 0.0915. The van der Waals surface area contributed by atoms with E-state index in [1.54, 1.807) is 24.3 Å². The third-order valence-electron chi connectivity index (χ3n) is 5.25. The Morgan fingerprint density at radius 3 is 2.28 bits per heavy atom. The summed E-state index contributed by atoms with van der Waals surface area (Å²) in [6.45, 7) is 5.35. The fraction of sp³-hybridized carbons (Fsp3) is 0.455. The van der Waals surface area contributed by atoms with Crippen molar-refractivity contribution in [2.75, 3.05) is 38.1 Å². The van der Waals surface area contributed by atoms with Crippen LogP contribution in [0, 0.1) is 5.92 Å². The molecule has 1 fully saturated rings.